The molecule has 2 aromatic carbocycles. The highest BCUT2D eigenvalue weighted by Crippen LogP contribution is 2.13. The average Bonchev–Trinajstić information content (AvgIpc) is 2.82. The number of aryl methyl sites for hydroxylation is 1. The molecule has 0 aliphatic carbocycles. The van der Waals surface area contributed by atoms with E-state index in [0.29, 0.717) is 17.7 Å². The summed E-state index contributed by atoms with van der Waals surface area (Å²) in [6, 6.07) is 14.7. The van der Waals surface area contributed by atoms with Crippen molar-refractivity contribution in [3.8, 4) is 29.4 Å². The standard InChI is InChI=1S/C29H32F2O/c1-3-5-7-8-9-10-24-11-13-25(14-12-24)17-21-28(30)29(31)22-18-26-15-19-27(20-16-26)32-23-6-4-2/h11-16,19-20H,3-10,23H2,1-2H3/b29-28+. The first-order valence-corrected chi connectivity index (χ1v) is 11.5. The molecule has 168 valence electrons. The Balaban J connectivity index is 1.90. The molecule has 0 amide bonds. The highest BCUT2D eigenvalue weighted by atomic mass is 19.2. The van der Waals surface area contributed by atoms with E-state index in [9.17, 15) is 8.78 Å². The van der Waals surface area contributed by atoms with Crippen LogP contribution in [0, 0.1) is 23.7 Å². The molecule has 0 saturated carbocycles. The molecule has 0 spiro atoms. The lowest BCUT2D eigenvalue weighted by molar-refractivity contribution is 0.309. The number of hydrogen-bond acceptors (Lipinski definition) is 1. The molecule has 2 aromatic rings. The predicted octanol–water partition coefficient (Wildman–Crippen LogP) is 7.93. The highest BCUT2D eigenvalue weighted by Gasteiger charge is 2.00. The van der Waals surface area contributed by atoms with Crippen LogP contribution in [0.15, 0.2) is 60.2 Å². The van der Waals surface area contributed by atoms with Crippen LogP contribution in [0.25, 0.3) is 0 Å². The molecule has 0 unspecified atom stereocenters. The van der Waals surface area contributed by atoms with E-state index in [1.807, 2.05) is 24.3 Å². The Morgan fingerprint density at radius 3 is 1.78 bits per heavy atom. The smallest absolute Gasteiger partial charge is 0.217 e. The maximum atomic E-state index is 14.0. The lowest BCUT2D eigenvalue weighted by Gasteiger charge is -2.04. The third-order valence-electron chi connectivity index (χ3n) is 4.97. The van der Waals surface area contributed by atoms with Crippen molar-refractivity contribution in [1.29, 1.82) is 0 Å². The van der Waals surface area contributed by atoms with Crippen molar-refractivity contribution in [3.05, 3.63) is 76.9 Å². The van der Waals surface area contributed by atoms with Crippen LogP contribution in [-0.2, 0) is 6.42 Å². The highest BCUT2D eigenvalue weighted by molar-refractivity contribution is 5.46. The van der Waals surface area contributed by atoms with E-state index in [2.05, 4.69) is 37.5 Å². The fraction of sp³-hybridized carbons (Fsp3) is 0.379. The van der Waals surface area contributed by atoms with E-state index >= 15 is 0 Å². The Morgan fingerprint density at radius 2 is 1.22 bits per heavy atom. The Hall–Kier alpha value is -3.04. The van der Waals surface area contributed by atoms with Crippen molar-refractivity contribution in [2.45, 2.75) is 65.2 Å². The van der Waals surface area contributed by atoms with Gasteiger partial charge in [-0.3, -0.25) is 0 Å². The molecule has 2 rings (SSSR count). The zero-order chi connectivity index (χ0) is 23.0. The van der Waals surface area contributed by atoms with E-state index in [0.717, 1.165) is 25.0 Å². The van der Waals surface area contributed by atoms with Crippen LogP contribution >= 0.6 is 0 Å². The van der Waals surface area contributed by atoms with Gasteiger partial charge in [0.15, 0.2) is 0 Å². The first-order chi connectivity index (χ1) is 15.6. The summed E-state index contributed by atoms with van der Waals surface area (Å²) in [6.45, 7) is 4.96. The SMILES string of the molecule is CCCCCCCc1ccc(C#C/C(F)=C(\F)C#Cc2ccc(OCCCC)cc2)cc1. The molecule has 1 nitrogen and oxygen atoms in total. The first-order valence-electron chi connectivity index (χ1n) is 11.5. The second-order valence-corrected chi connectivity index (χ2v) is 7.72. The maximum absolute atomic E-state index is 14.0. The number of benzene rings is 2. The molecule has 0 saturated heterocycles. The number of unbranched alkanes of at least 4 members (excludes halogenated alkanes) is 5. The Labute approximate surface area is 191 Å². The molecular formula is C29H32F2O. The van der Waals surface area contributed by atoms with Crippen molar-refractivity contribution >= 4 is 0 Å². The topological polar surface area (TPSA) is 9.23 Å². The van der Waals surface area contributed by atoms with Gasteiger partial charge >= 0.3 is 0 Å². The molecular weight excluding hydrogens is 402 g/mol. The number of halogens is 2. The summed E-state index contributed by atoms with van der Waals surface area (Å²) in [4.78, 5) is 0. The van der Waals surface area contributed by atoms with Crippen LogP contribution in [0.2, 0.25) is 0 Å². The van der Waals surface area contributed by atoms with Crippen LogP contribution in [0.4, 0.5) is 8.78 Å². The van der Waals surface area contributed by atoms with Crippen LogP contribution in [0.1, 0.15) is 75.5 Å². The summed E-state index contributed by atoms with van der Waals surface area (Å²) in [6.07, 6.45) is 9.29. The lowest BCUT2D eigenvalue weighted by Crippen LogP contribution is -1.95. The zero-order valence-corrected chi connectivity index (χ0v) is 19.1. The summed E-state index contributed by atoms with van der Waals surface area (Å²) in [5.74, 6) is 8.11. The second kappa shape index (κ2) is 14.9. The van der Waals surface area contributed by atoms with Gasteiger partial charge in [-0.05, 0) is 73.1 Å². The molecule has 0 heterocycles. The third kappa shape index (κ3) is 9.84. The van der Waals surface area contributed by atoms with Gasteiger partial charge in [0.1, 0.15) is 5.75 Å². The van der Waals surface area contributed by atoms with Crippen molar-refractivity contribution in [1.82, 2.24) is 0 Å². The van der Waals surface area contributed by atoms with Gasteiger partial charge in [0.25, 0.3) is 0 Å². The Morgan fingerprint density at radius 1 is 0.688 bits per heavy atom. The van der Waals surface area contributed by atoms with Crippen molar-refractivity contribution in [3.63, 3.8) is 0 Å². The largest absolute Gasteiger partial charge is 0.494 e. The van der Waals surface area contributed by atoms with Gasteiger partial charge < -0.3 is 4.74 Å². The summed E-state index contributed by atoms with van der Waals surface area (Å²) >= 11 is 0. The molecule has 0 bridgehead atoms. The van der Waals surface area contributed by atoms with Gasteiger partial charge in [-0.1, -0.05) is 69.9 Å². The quantitative estimate of drug-likeness (QED) is 0.272. The summed E-state index contributed by atoms with van der Waals surface area (Å²) in [7, 11) is 0. The van der Waals surface area contributed by atoms with Gasteiger partial charge in [0.2, 0.25) is 11.7 Å². The van der Waals surface area contributed by atoms with Crippen molar-refractivity contribution in [2.75, 3.05) is 6.61 Å². The molecule has 0 fully saturated rings. The zero-order valence-electron chi connectivity index (χ0n) is 19.1. The lowest BCUT2D eigenvalue weighted by atomic mass is 10.0. The van der Waals surface area contributed by atoms with E-state index in [-0.39, 0.29) is 0 Å². The molecule has 0 aromatic heterocycles. The maximum Gasteiger partial charge on any atom is 0.217 e. The fourth-order valence-corrected chi connectivity index (χ4v) is 3.02. The normalized spacial score (nSPS) is 11.0. The summed E-state index contributed by atoms with van der Waals surface area (Å²) in [5.41, 5.74) is 2.46. The van der Waals surface area contributed by atoms with Gasteiger partial charge in [-0.15, -0.1) is 0 Å². The molecule has 0 aliphatic rings. The van der Waals surface area contributed by atoms with E-state index in [4.69, 9.17) is 4.74 Å². The summed E-state index contributed by atoms with van der Waals surface area (Å²) < 4.78 is 33.5. The average molecular weight is 435 g/mol. The fourth-order valence-electron chi connectivity index (χ4n) is 3.02. The van der Waals surface area contributed by atoms with Crippen LogP contribution in [0.5, 0.6) is 5.75 Å². The summed E-state index contributed by atoms with van der Waals surface area (Å²) in [5, 5.41) is 0. The molecule has 32 heavy (non-hydrogen) atoms. The molecule has 0 N–H and O–H groups in total. The minimum absolute atomic E-state index is 0.578. The van der Waals surface area contributed by atoms with Crippen LogP contribution < -0.4 is 4.74 Å². The van der Waals surface area contributed by atoms with E-state index in [1.54, 1.807) is 24.3 Å². The predicted molar refractivity (Wildman–Crippen MR) is 129 cm³/mol. The van der Waals surface area contributed by atoms with Gasteiger partial charge in [-0.2, -0.15) is 8.78 Å². The molecule has 3 heteroatoms. The Bertz CT molecular complexity index is 964. The number of hydrogen-bond donors (Lipinski definition) is 0. The molecule has 0 radical (unpaired) electrons. The minimum Gasteiger partial charge on any atom is -0.494 e. The minimum atomic E-state index is -1.16. The van der Waals surface area contributed by atoms with Gasteiger partial charge in [0, 0.05) is 11.1 Å². The third-order valence-corrected chi connectivity index (χ3v) is 4.97. The van der Waals surface area contributed by atoms with Crippen molar-refractivity contribution in [2.24, 2.45) is 0 Å². The molecule has 0 aliphatic heterocycles. The van der Waals surface area contributed by atoms with Gasteiger partial charge in [-0.25, -0.2) is 0 Å². The van der Waals surface area contributed by atoms with Crippen LogP contribution in [-0.4, -0.2) is 6.61 Å². The monoisotopic (exact) mass is 434 g/mol. The van der Waals surface area contributed by atoms with Gasteiger partial charge in [0.05, 0.1) is 6.61 Å². The van der Waals surface area contributed by atoms with Crippen molar-refractivity contribution < 1.29 is 13.5 Å². The second-order valence-electron chi connectivity index (χ2n) is 7.72. The first kappa shape index (κ1) is 25.2. The van der Waals surface area contributed by atoms with E-state index < -0.39 is 11.7 Å². The van der Waals surface area contributed by atoms with E-state index in [1.165, 1.54) is 37.7 Å². The number of rotatable bonds is 10. The number of ether oxygens (including phenoxy) is 1. The molecule has 0 atom stereocenters. The number of allylic oxidation sites excluding steroid dienone is 2. The Kier molecular flexibility index (Phi) is 11.7. The van der Waals surface area contributed by atoms with Crippen LogP contribution in [0.3, 0.4) is 0 Å².